The molecule has 0 aromatic carbocycles. The van der Waals surface area contributed by atoms with Crippen LogP contribution >= 0.6 is 15.9 Å². The van der Waals surface area contributed by atoms with E-state index in [4.69, 9.17) is 0 Å². The van der Waals surface area contributed by atoms with Crippen molar-refractivity contribution in [3.63, 3.8) is 0 Å². The summed E-state index contributed by atoms with van der Waals surface area (Å²) in [4.78, 5) is 13.7. The van der Waals surface area contributed by atoms with Crippen LogP contribution in [0.5, 0.6) is 0 Å². The van der Waals surface area contributed by atoms with Gasteiger partial charge in [-0.2, -0.15) is 0 Å². The summed E-state index contributed by atoms with van der Waals surface area (Å²) in [5, 5.41) is 0. The molecular formula is C15H19BrN4. The molecule has 1 aliphatic rings. The van der Waals surface area contributed by atoms with Crippen LogP contribution in [0.1, 0.15) is 6.92 Å². The van der Waals surface area contributed by atoms with Crippen LogP contribution in [-0.2, 0) is 0 Å². The largest absolute Gasteiger partial charge is 0.368 e. The van der Waals surface area contributed by atoms with E-state index >= 15 is 0 Å². The lowest BCUT2D eigenvalue weighted by Crippen LogP contribution is -2.34. The van der Waals surface area contributed by atoms with E-state index in [1.807, 2.05) is 18.5 Å². The van der Waals surface area contributed by atoms with Crippen molar-refractivity contribution < 1.29 is 0 Å². The van der Waals surface area contributed by atoms with Crippen LogP contribution in [0.4, 0.5) is 5.69 Å². The molecule has 2 unspecified atom stereocenters. The normalized spacial score (nSPS) is 22.9. The maximum absolute atomic E-state index is 4.56. The van der Waals surface area contributed by atoms with Gasteiger partial charge in [0.1, 0.15) is 5.52 Å². The standard InChI is InChI=1S/C15H19BrN4/c1-10-8-20(9-14(10)19(2)3)13-4-5-17-12-6-11(16)7-18-15(12)13/h4-7,10,14H,8-9H2,1-3H3. The molecule has 106 valence electrons. The highest BCUT2D eigenvalue weighted by atomic mass is 79.9. The van der Waals surface area contributed by atoms with Crippen molar-refractivity contribution in [1.82, 2.24) is 14.9 Å². The molecule has 0 aliphatic carbocycles. The van der Waals surface area contributed by atoms with Crippen molar-refractivity contribution in [3.05, 3.63) is 29.0 Å². The maximum Gasteiger partial charge on any atom is 0.112 e. The maximum atomic E-state index is 4.56. The first-order valence-corrected chi connectivity index (χ1v) is 7.67. The summed E-state index contributed by atoms with van der Waals surface area (Å²) < 4.78 is 0.968. The molecule has 3 rings (SSSR count). The number of hydrogen-bond acceptors (Lipinski definition) is 4. The van der Waals surface area contributed by atoms with Crippen LogP contribution in [0.2, 0.25) is 0 Å². The molecule has 0 amide bonds. The molecule has 2 atom stereocenters. The molecule has 5 heteroatoms. The zero-order valence-electron chi connectivity index (χ0n) is 12.0. The number of anilines is 1. The van der Waals surface area contributed by atoms with Crippen molar-refractivity contribution in [3.8, 4) is 0 Å². The fraction of sp³-hybridized carbons (Fsp3) is 0.467. The monoisotopic (exact) mass is 334 g/mol. The van der Waals surface area contributed by atoms with E-state index in [0.29, 0.717) is 12.0 Å². The van der Waals surface area contributed by atoms with Crippen LogP contribution in [0.15, 0.2) is 29.0 Å². The van der Waals surface area contributed by atoms with Gasteiger partial charge in [-0.15, -0.1) is 0 Å². The molecule has 1 aliphatic heterocycles. The Morgan fingerprint density at radius 3 is 2.80 bits per heavy atom. The minimum absolute atomic E-state index is 0.591. The molecule has 0 N–H and O–H groups in total. The smallest absolute Gasteiger partial charge is 0.112 e. The Hall–Kier alpha value is -1.20. The third-order valence-electron chi connectivity index (χ3n) is 4.10. The van der Waals surface area contributed by atoms with Crippen LogP contribution in [0.3, 0.4) is 0 Å². The minimum atomic E-state index is 0.591. The number of likely N-dealkylation sites (N-methyl/N-ethyl adjacent to an activating group) is 1. The number of hydrogen-bond donors (Lipinski definition) is 0. The Morgan fingerprint density at radius 1 is 1.30 bits per heavy atom. The van der Waals surface area contributed by atoms with Crippen LogP contribution < -0.4 is 4.90 Å². The number of pyridine rings is 2. The summed E-state index contributed by atoms with van der Waals surface area (Å²) in [6.07, 6.45) is 3.72. The molecule has 4 nitrogen and oxygen atoms in total. The Morgan fingerprint density at radius 2 is 2.10 bits per heavy atom. The average Bonchev–Trinajstić information content (AvgIpc) is 2.79. The zero-order valence-corrected chi connectivity index (χ0v) is 13.6. The van der Waals surface area contributed by atoms with Gasteiger partial charge in [0.25, 0.3) is 0 Å². The van der Waals surface area contributed by atoms with Crippen LogP contribution in [0.25, 0.3) is 11.0 Å². The average molecular weight is 335 g/mol. The Kier molecular flexibility index (Phi) is 3.65. The van der Waals surface area contributed by atoms with E-state index < -0.39 is 0 Å². The molecule has 1 saturated heterocycles. The topological polar surface area (TPSA) is 32.3 Å². The predicted molar refractivity (Wildman–Crippen MR) is 86.1 cm³/mol. The molecule has 1 fully saturated rings. The van der Waals surface area contributed by atoms with Gasteiger partial charge in [0.2, 0.25) is 0 Å². The molecule has 20 heavy (non-hydrogen) atoms. The van der Waals surface area contributed by atoms with E-state index in [2.05, 4.69) is 62.8 Å². The highest BCUT2D eigenvalue weighted by Crippen LogP contribution is 2.30. The highest BCUT2D eigenvalue weighted by molar-refractivity contribution is 9.10. The first-order valence-electron chi connectivity index (χ1n) is 6.88. The Balaban J connectivity index is 1.99. The number of aromatic nitrogens is 2. The summed E-state index contributed by atoms with van der Waals surface area (Å²) in [6, 6.07) is 4.69. The van der Waals surface area contributed by atoms with Gasteiger partial charge in [-0.25, -0.2) is 0 Å². The van der Waals surface area contributed by atoms with Crippen molar-refractivity contribution in [2.45, 2.75) is 13.0 Å². The summed E-state index contributed by atoms with van der Waals surface area (Å²) in [6.45, 7) is 4.43. The molecule has 2 aromatic heterocycles. The van der Waals surface area contributed by atoms with Crippen molar-refractivity contribution in [2.24, 2.45) is 5.92 Å². The van der Waals surface area contributed by atoms with Gasteiger partial charge >= 0.3 is 0 Å². The first-order chi connectivity index (χ1) is 9.56. The van der Waals surface area contributed by atoms with Gasteiger partial charge in [-0.3, -0.25) is 9.97 Å². The SMILES string of the molecule is CC1CN(c2ccnc3cc(Br)cnc23)CC1N(C)C. The molecule has 2 aromatic rings. The molecular weight excluding hydrogens is 316 g/mol. The lowest BCUT2D eigenvalue weighted by molar-refractivity contribution is 0.266. The number of fused-ring (bicyclic) bond motifs is 1. The fourth-order valence-electron chi connectivity index (χ4n) is 3.07. The first kappa shape index (κ1) is 13.8. The zero-order chi connectivity index (χ0) is 14.3. The van der Waals surface area contributed by atoms with E-state index in [-0.39, 0.29) is 0 Å². The van der Waals surface area contributed by atoms with Crippen LogP contribution in [0, 0.1) is 5.92 Å². The Bertz CT molecular complexity index is 628. The molecule has 3 heterocycles. The number of rotatable bonds is 2. The van der Waals surface area contributed by atoms with Gasteiger partial charge in [-0.05, 0) is 48.1 Å². The lowest BCUT2D eigenvalue weighted by atomic mass is 10.1. The molecule has 0 spiro atoms. The quantitative estimate of drug-likeness (QED) is 0.845. The summed E-state index contributed by atoms with van der Waals surface area (Å²) in [5.74, 6) is 0.656. The van der Waals surface area contributed by atoms with Gasteiger partial charge < -0.3 is 9.80 Å². The third-order valence-corrected chi connectivity index (χ3v) is 4.53. The highest BCUT2D eigenvalue weighted by Gasteiger charge is 2.31. The summed E-state index contributed by atoms with van der Waals surface area (Å²) in [7, 11) is 4.31. The van der Waals surface area contributed by atoms with Crippen molar-refractivity contribution in [2.75, 3.05) is 32.1 Å². The van der Waals surface area contributed by atoms with Crippen molar-refractivity contribution in [1.29, 1.82) is 0 Å². The third kappa shape index (κ3) is 2.40. The van der Waals surface area contributed by atoms with E-state index in [1.165, 1.54) is 5.69 Å². The molecule has 0 saturated carbocycles. The number of nitrogens with zero attached hydrogens (tertiary/aromatic N) is 4. The molecule has 0 bridgehead atoms. The van der Waals surface area contributed by atoms with E-state index in [0.717, 1.165) is 28.6 Å². The van der Waals surface area contributed by atoms with Gasteiger partial charge in [-0.1, -0.05) is 6.92 Å². The van der Waals surface area contributed by atoms with E-state index in [9.17, 15) is 0 Å². The summed E-state index contributed by atoms with van der Waals surface area (Å²) in [5.41, 5.74) is 3.12. The number of halogens is 1. The molecule has 0 radical (unpaired) electrons. The van der Waals surface area contributed by atoms with Crippen molar-refractivity contribution >= 4 is 32.7 Å². The summed E-state index contributed by atoms with van der Waals surface area (Å²) >= 11 is 3.46. The fourth-order valence-corrected chi connectivity index (χ4v) is 3.38. The second kappa shape index (κ2) is 5.30. The lowest BCUT2D eigenvalue weighted by Gasteiger charge is -2.23. The van der Waals surface area contributed by atoms with Gasteiger partial charge in [0, 0.05) is 36.0 Å². The van der Waals surface area contributed by atoms with Gasteiger partial charge in [0.15, 0.2) is 0 Å². The minimum Gasteiger partial charge on any atom is -0.368 e. The van der Waals surface area contributed by atoms with Gasteiger partial charge in [0.05, 0.1) is 11.2 Å². The Labute approximate surface area is 127 Å². The van der Waals surface area contributed by atoms with Crippen LogP contribution in [-0.4, -0.2) is 48.1 Å². The predicted octanol–water partition coefficient (Wildman–Crippen LogP) is 2.78. The van der Waals surface area contributed by atoms with E-state index in [1.54, 1.807) is 0 Å². The second-order valence-corrected chi connectivity index (χ2v) is 6.68. The second-order valence-electron chi connectivity index (χ2n) is 5.76.